The summed E-state index contributed by atoms with van der Waals surface area (Å²) in [4.78, 5) is 12.1. The number of furan rings is 1. The molecule has 2 aromatic carbocycles. The van der Waals surface area contributed by atoms with E-state index in [1.165, 1.54) is 6.21 Å². The maximum absolute atomic E-state index is 12.1. The zero-order chi connectivity index (χ0) is 16.9. The minimum Gasteiger partial charge on any atom is -0.494 e. The number of nitrogens with one attached hydrogen (secondary N) is 1. The number of halogens is 1. The second-order valence-electron chi connectivity index (χ2n) is 4.99. The van der Waals surface area contributed by atoms with Crippen LogP contribution in [0.25, 0.3) is 11.0 Å². The zero-order valence-corrected chi connectivity index (χ0v) is 13.7. The molecule has 0 atom stereocenters. The molecular formula is C18H15ClN2O3. The third kappa shape index (κ3) is 3.75. The molecule has 0 saturated carbocycles. The van der Waals surface area contributed by atoms with E-state index >= 15 is 0 Å². The number of fused-ring (bicyclic) bond motifs is 1. The van der Waals surface area contributed by atoms with Gasteiger partial charge in [-0.25, -0.2) is 5.43 Å². The quantitative estimate of drug-likeness (QED) is 0.557. The van der Waals surface area contributed by atoms with Crippen molar-refractivity contribution >= 4 is 34.7 Å². The van der Waals surface area contributed by atoms with E-state index in [4.69, 9.17) is 20.8 Å². The lowest BCUT2D eigenvalue weighted by Gasteiger charge is -2.00. The monoisotopic (exact) mass is 342 g/mol. The lowest BCUT2D eigenvalue weighted by atomic mass is 10.2. The van der Waals surface area contributed by atoms with Crippen molar-refractivity contribution in [2.75, 3.05) is 6.61 Å². The molecule has 0 spiro atoms. The molecule has 24 heavy (non-hydrogen) atoms. The SMILES string of the molecule is CCOc1ccc2oc(C(=O)N/N=C/c3ccc(Cl)cc3)cc2c1. The van der Waals surface area contributed by atoms with Crippen molar-refractivity contribution in [2.24, 2.45) is 5.10 Å². The molecule has 1 aromatic heterocycles. The average molecular weight is 343 g/mol. The fourth-order valence-electron chi connectivity index (χ4n) is 2.16. The number of carbonyl (C=O) groups is 1. The summed E-state index contributed by atoms with van der Waals surface area (Å²) in [5.41, 5.74) is 3.88. The number of rotatable bonds is 5. The standard InChI is InChI=1S/C18H15ClN2O3/c1-2-23-15-7-8-16-13(9-15)10-17(24-16)18(22)21-20-11-12-3-5-14(19)6-4-12/h3-11H,2H2,1H3,(H,21,22)/b20-11+. The Bertz CT molecular complexity index is 885. The highest BCUT2D eigenvalue weighted by Gasteiger charge is 2.12. The van der Waals surface area contributed by atoms with E-state index in [0.717, 1.165) is 16.7 Å². The molecule has 1 amide bonds. The van der Waals surface area contributed by atoms with Crippen LogP contribution in [0.15, 0.2) is 58.0 Å². The molecule has 6 heteroatoms. The summed E-state index contributed by atoms with van der Waals surface area (Å²) in [5.74, 6) is 0.500. The number of carbonyl (C=O) groups excluding carboxylic acids is 1. The summed E-state index contributed by atoms with van der Waals surface area (Å²) in [5, 5.41) is 5.35. The van der Waals surface area contributed by atoms with Gasteiger partial charge in [0.15, 0.2) is 5.76 Å². The Kier molecular flexibility index (Phi) is 4.82. The van der Waals surface area contributed by atoms with Crippen LogP contribution in [-0.4, -0.2) is 18.7 Å². The van der Waals surface area contributed by atoms with Gasteiger partial charge in [0.25, 0.3) is 0 Å². The van der Waals surface area contributed by atoms with Gasteiger partial charge in [0.05, 0.1) is 12.8 Å². The van der Waals surface area contributed by atoms with E-state index in [0.29, 0.717) is 17.2 Å². The van der Waals surface area contributed by atoms with Crippen LogP contribution in [-0.2, 0) is 0 Å². The van der Waals surface area contributed by atoms with Crippen molar-refractivity contribution in [2.45, 2.75) is 6.92 Å². The van der Waals surface area contributed by atoms with Crippen molar-refractivity contribution < 1.29 is 13.9 Å². The molecule has 0 bridgehead atoms. The van der Waals surface area contributed by atoms with E-state index in [2.05, 4.69) is 10.5 Å². The predicted molar refractivity (Wildman–Crippen MR) is 93.9 cm³/mol. The Morgan fingerprint density at radius 3 is 2.79 bits per heavy atom. The molecule has 0 radical (unpaired) electrons. The smallest absolute Gasteiger partial charge is 0.307 e. The first kappa shape index (κ1) is 16.1. The van der Waals surface area contributed by atoms with Gasteiger partial charge < -0.3 is 9.15 Å². The molecule has 122 valence electrons. The third-order valence-corrected chi connectivity index (χ3v) is 3.52. The molecule has 5 nitrogen and oxygen atoms in total. The van der Waals surface area contributed by atoms with Crippen molar-refractivity contribution in [3.63, 3.8) is 0 Å². The Morgan fingerprint density at radius 2 is 2.04 bits per heavy atom. The number of nitrogens with zero attached hydrogens (tertiary/aromatic N) is 1. The highest BCUT2D eigenvalue weighted by Crippen LogP contribution is 2.24. The number of hydrazone groups is 1. The van der Waals surface area contributed by atoms with Crippen LogP contribution in [0.1, 0.15) is 23.0 Å². The van der Waals surface area contributed by atoms with Gasteiger partial charge in [-0.1, -0.05) is 23.7 Å². The molecule has 0 unspecified atom stereocenters. The van der Waals surface area contributed by atoms with Crippen LogP contribution in [0, 0.1) is 0 Å². The lowest BCUT2D eigenvalue weighted by molar-refractivity contribution is 0.0929. The summed E-state index contributed by atoms with van der Waals surface area (Å²) in [6.07, 6.45) is 1.53. The van der Waals surface area contributed by atoms with Crippen LogP contribution in [0.4, 0.5) is 0 Å². The largest absolute Gasteiger partial charge is 0.494 e. The second-order valence-corrected chi connectivity index (χ2v) is 5.43. The Labute approximate surface area is 143 Å². The molecule has 1 heterocycles. The second kappa shape index (κ2) is 7.19. The minimum atomic E-state index is -0.422. The Hall–Kier alpha value is -2.79. The minimum absolute atomic E-state index is 0.187. The molecule has 1 N–H and O–H groups in total. The normalized spacial score (nSPS) is 11.1. The highest BCUT2D eigenvalue weighted by atomic mass is 35.5. The summed E-state index contributed by atoms with van der Waals surface area (Å²) >= 11 is 5.81. The van der Waals surface area contributed by atoms with Gasteiger partial charge in [0.1, 0.15) is 11.3 Å². The van der Waals surface area contributed by atoms with Gasteiger partial charge in [0, 0.05) is 10.4 Å². The van der Waals surface area contributed by atoms with E-state index < -0.39 is 5.91 Å². The average Bonchev–Trinajstić information content (AvgIpc) is 3.00. The molecular weight excluding hydrogens is 328 g/mol. The van der Waals surface area contributed by atoms with Gasteiger partial charge in [-0.3, -0.25) is 4.79 Å². The first-order valence-electron chi connectivity index (χ1n) is 7.41. The number of hydrogen-bond acceptors (Lipinski definition) is 4. The molecule has 0 aliphatic heterocycles. The topological polar surface area (TPSA) is 63.8 Å². The summed E-state index contributed by atoms with van der Waals surface area (Å²) < 4.78 is 11.0. The number of amides is 1. The fourth-order valence-corrected chi connectivity index (χ4v) is 2.29. The van der Waals surface area contributed by atoms with Crippen LogP contribution in [0.5, 0.6) is 5.75 Å². The maximum Gasteiger partial charge on any atom is 0.307 e. The van der Waals surface area contributed by atoms with Crippen molar-refractivity contribution in [1.29, 1.82) is 0 Å². The number of benzene rings is 2. The first-order valence-corrected chi connectivity index (χ1v) is 7.79. The summed E-state index contributed by atoms with van der Waals surface area (Å²) in [6, 6.07) is 14.2. The van der Waals surface area contributed by atoms with E-state index in [1.807, 2.05) is 13.0 Å². The summed E-state index contributed by atoms with van der Waals surface area (Å²) in [7, 11) is 0. The Balaban J connectivity index is 1.70. The van der Waals surface area contributed by atoms with Gasteiger partial charge in [0.2, 0.25) is 0 Å². The lowest BCUT2D eigenvalue weighted by Crippen LogP contribution is -2.16. The van der Waals surface area contributed by atoms with E-state index in [9.17, 15) is 4.79 Å². The molecule has 3 rings (SSSR count). The Morgan fingerprint density at radius 1 is 1.25 bits per heavy atom. The zero-order valence-electron chi connectivity index (χ0n) is 13.0. The third-order valence-electron chi connectivity index (χ3n) is 3.27. The maximum atomic E-state index is 12.1. The predicted octanol–water partition coefficient (Wildman–Crippen LogP) is 4.25. The molecule has 0 saturated heterocycles. The van der Waals surface area contributed by atoms with Crippen molar-refractivity contribution in [3.8, 4) is 5.75 Å². The first-order chi connectivity index (χ1) is 11.7. The van der Waals surface area contributed by atoms with Crippen LogP contribution in [0.3, 0.4) is 0 Å². The molecule has 0 aliphatic carbocycles. The van der Waals surface area contributed by atoms with Crippen LogP contribution in [0.2, 0.25) is 5.02 Å². The van der Waals surface area contributed by atoms with E-state index in [1.54, 1.807) is 42.5 Å². The summed E-state index contributed by atoms with van der Waals surface area (Å²) in [6.45, 7) is 2.49. The molecule has 0 aliphatic rings. The van der Waals surface area contributed by atoms with Gasteiger partial charge in [-0.2, -0.15) is 5.10 Å². The molecule has 3 aromatic rings. The van der Waals surface area contributed by atoms with Crippen molar-refractivity contribution in [1.82, 2.24) is 5.43 Å². The van der Waals surface area contributed by atoms with Gasteiger partial charge in [-0.05, 0) is 48.9 Å². The van der Waals surface area contributed by atoms with Crippen LogP contribution >= 0.6 is 11.6 Å². The van der Waals surface area contributed by atoms with Gasteiger partial charge in [-0.15, -0.1) is 0 Å². The molecule has 0 fully saturated rings. The van der Waals surface area contributed by atoms with Crippen LogP contribution < -0.4 is 10.2 Å². The van der Waals surface area contributed by atoms with E-state index in [-0.39, 0.29) is 5.76 Å². The number of ether oxygens (including phenoxy) is 1. The number of hydrogen-bond donors (Lipinski definition) is 1. The highest BCUT2D eigenvalue weighted by molar-refractivity contribution is 6.30. The fraction of sp³-hybridized carbons (Fsp3) is 0.111. The van der Waals surface area contributed by atoms with Crippen molar-refractivity contribution in [3.05, 3.63) is 64.9 Å². The van der Waals surface area contributed by atoms with Gasteiger partial charge >= 0.3 is 5.91 Å².